The van der Waals surface area contributed by atoms with Gasteiger partial charge >= 0.3 is 0 Å². The van der Waals surface area contributed by atoms with Gasteiger partial charge in [-0.3, -0.25) is 4.99 Å². The Balaban J connectivity index is 4.95. The molecule has 66 valence electrons. The molecule has 0 unspecified atom stereocenters. The lowest BCUT2D eigenvalue weighted by Gasteiger charge is -2.22. The minimum Gasteiger partial charge on any atom is -0.288 e. The number of hydrogen-bond donors (Lipinski definition) is 0. The summed E-state index contributed by atoms with van der Waals surface area (Å²) in [4.78, 5) is 4.42. The fraction of sp³-hybridized carbons (Fsp3) is 0.900. The summed E-state index contributed by atoms with van der Waals surface area (Å²) >= 11 is 0. The van der Waals surface area contributed by atoms with Gasteiger partial charge < -0.3 is 0 Å². The highest BCUT2D eigenvalue weighted by Crippen LogP contribution is 2.19. The first-order chi connectivity index (χ1) is 5.54. The summed E-state index contributed by atoms with van der Waals surface area (Å²) < 4.78 is 14.8. The van der Waals surface area contributed by atoms with Gasteiger partial charge in [0.05, 0.1) is 5.54 Å². The van der Waals surface area contributed by atoms with Gasteiger partial charge in [0.2, 0.25) is 0 Å². The van der Waals surface area contributed by atoms with E-state index in [1.54, 1.807) is 0 Å². The Morgan fingerprint density at radius 2 is 1.55 bits per heavy atom. The van der Waals surface area contributed by atoms with Crippen LogP contribution in [0, 0.1) is 5.41 Å². The molecule has 0 fully saturated rings. The lowest BCUT2D eigenvalue weighted by Crippen LogP contribution is -2.22. The van der Waals surface area contributed by atoms with Crippen molar-refractivity contribution in [1.29, 1.82) is 0 Å². The van der Waals surface area contributed by atoms with Crippen molar-refractivity contribution in [3.8, 4) is 0 Å². The number of rotatable bonds is 0. The quantitative estimate of drug-likeness (QED) is 0.478. The Hall–Kier alpha value is -0.330. The second-order valence-electron chi connectivity index (χ2n) is 4.92. The van der Waals surface area contributed by atoms with E-state index in [-0.39, 0.29) is 11.0 Å². The Kier molecular flexibility index (Phi) is 1.97. The molecule has 0 N–H and O–H groups in total. The second-order valence-corrected chi connectivity index (χ2v) is 4.92. The Labute approximate surface area is 73.7 Å². The van der Waals surface area contributed by atoms with Crippen LogP contribution >= 0.6 is 0 Å². The molecule has 0 atom stereocenters. The molecule has 1 nitrogen and oxygen atoms in total. The van der Waals surface area contributed by atoms with Crippen molar-refractivity contribution in [2.75, 3.05) is 0 Å². The maximum Gasteiger partial charge on any atom is 0.0523 e. The first-order valence-electron chi connectivity index (χ1n) is 5.14. The third-order valence-corrected chi connectivity index (χ3v) is 1.22. The van der Waals surface area contributed by atoms with E-state index < -0.39 is 6.88 Å². The van der Waals surface area contributed by atoms with Crippen LogP contribution in [-0.2, 0) is 0 Å². The maximum atomic E-state index is 7.41. The predicted molar refractivity (Wildman–Crippen MR) is 52.3 cm³/mol. The molecule has 0 saturated heterocycles. The first-order valence-corrected chi connectivity index (χ1v) is 3.99. The standard InChI is InChI=1S/C10H21N/c1-8(9(2,3)4)11-10(5,6)7/h1-7H3/i1D2. The zero-order chi connectivity index (χ0) is 10.9. The molecule has 0 aromatic heterocycles. The van der Waals surface area contributed by atoms with Gasteiger partial charge in [0, 0.05) is 8.45 Å². The average Bonchev–Trinajstić information content (AvgIpc) is 1.77. The van der Waals surface area contributed by atoms with Gasteiger partial charge in [0.1, 0.15) is 0 Å². The summed E-state index contributed by atoms with van der Waals surface area (Å²) in [7, 11) is 0. The maximum absolute atomic E-state index is 7.41. The molecular weight excluding hydrogens is 134 g/mol. The number of nitrogens with zero attached hydrogens (tertiary/aromatic N) is 1. The molecule has 0 bridgehead atoms. The predicted octanol–water partition coefficient (Wildman–Crippen LogP) is 3.29. The minimum atomic E-state index is -0.959. The van der Waals surface area contributed by atoms with Gasteiger partial charge in [-0.2, -0.15) is 0 Å². The molecule has 1 heteroatoms. The smallest absolute Gasteiger partial charge is 0.0523 e. The van der Waals surface area contributed by atoms with Gasteiger partial charge in [0.15, 0.2) is 0 Å². The van der Waals surface area contributed by atoms with Crippen LogP contribution in [0.5, 0.6) is 0 Å². The van der Waals surface area contributed by atoms with Crippen LogP contribution in [0.2, 0.25) is 0 Å². The van der Waals surface area contributed by atoms with Gasteiger partial charge in [-0.25, -0.2) is 0 Å². The summed E-state index contributed by atoms with van der Waals surface area (Å²) in [5, 5.41) is 0. The molecule has 0 aliphatic rings. The van der Waals surface area contributed by atoms with E-state index in [1.807, 2.05) is 41.5 Å². The van der Waals surface area contributed by atoms with Gasteiger partial charge in [-0.05, 0) is 33.1 Å². The SMILES string of the molecule is [2H]C([2H])C(=NC(C)(C)C)C(C)(C)C. The van der Waals surface area contributed by atoms with Crippen LogP contribution in [0.25, 0.3) is 0 Å². The summed E-state index contributed by atoms with van der Waals surface area (Å²) in [5.41, 5.74) is 0.282. The van der Waals surface area contributed by atoms with Crippen LogP contribution in [0.3, 0.4) is 0 Å². The van der Waals surface area contributed by atoms with E-state index in [4.69, 9.17) is 2.74 Å². The summed E-state index contributed by atoms with van der Waals surface area (Å²) in [6.07, 6.45) is 0. The fourth-order valence-electron chi connectivity index (χ4n) is 0.529. The molecule has 0 saturated carbocycles. The normalized spacial score (nSPS) is 18.3. The molecule has 0 amide bonds. The van der Waals surface area contributed by atoms with Crippen LogP contribution < -0.4 is 0 Å². The first kappa shape index (κ1) is 7.33. The molecule has 0 heterocycles. The van der Waals surface area contributed by atoms with Gasteiger partial charge in [0.25, 0.3) is 0 Å². The third-order valence-electron chi connectivity index (χ3n) is 1.22. The second kappa shape index (κ2) is 2.96. The molecule has 0 aliphatic heterocycles. The van der Waals surface area contributed by atoms with E-state index in [2.05, 4.69) is 4.99 Å². The van der Waals surface area contributed by atoms with Crippen molar-refractivity contribution in [3.63, 3.8) is 0 Å². The van der Waals surface area contributed by atoms with Gasteiger partial charge in [-0.1, -0.05) is 20.8 Å². The number of aliphatic imine (C=N–C) groups is 1. The highest BCUT2D eigenvalue weighted by atomic mass is 14.8. The minimum absolute atomic E-state index is 0.179. The molecule has 0 aliphatic carbocycles. The number of hydrogen-bond acceptors (Lipinski definition) is 1. The van der Waals surface area contributed by atoms with E-state index in [1.165, 1.54) is 0 Å². The Morgan fingerprint density at radius 1 is 1.09 bits per heavy atom. The van der Waals surface area contributed by atoms with Crippen molar-refractivity contribution in [2.24, 2.45) is 10.4 Å². The van der Waals surface area contributed by atoms with Crippen molar-refractivity contribution in [2.45, 2.75) is 54.0 Å². The fourth-order valence-corrected chi connectivity index (χ4v) is 0.529. The summed E-state index contributed by atoms with van der Waals surface area (Å²) in [6, 6.07) is 0. The summed E-state index contributed by atoms with van der Waals surface area (Å²) in [6.45, 7) is 11.0. The Morgan fingerprint density at radius 3 is 1.64 bits per heavy atom. The molecule has 0 rings (SSSR count). The molecule has 0 aromatic rings. The molecule has 0 spiro atoms. The van der Waals surface area contributed by atoms with Crippen molar-refractivity contribution in [3.05, 3.63) is 0 Å². The largest absolute Gasteiger partial charge is 0.288 e. The lowest BCUT2D eigenvalue weighted by molar-refractivity contribution is 0.538. The zero-order valence-electron chi connectivity index (χ0n) is 10.5. The lowest BCUT2D eigenvalue weighted by atomic mass is 9.90. The van der Waals surface area contributed by atoms with Crippen molar-refractivity contribution >= 4 is 5.71 Å². The average molecular weight is 157 g/mol. The van der Waals surface area contributed by atoms with Crippen LogP contribution in [0.1, 0.15) is 51.2 Å². The molecule has 0 radical (unpaired) electrons. The highest BCUT2D eigenvalue weighted by molar-refractivity contribution is 5.87. The van der Waals surface area contributed by atoms with Crippen molar-refractivity contribution in [1.82, 2.24) is 0 Å². The summed E-state index contributed by atoms with van der Waals surface area (Å²) in [5.74, 6) is 0. The topological polar surface area (TPSA) is 12.4 Å². The highest BCUT2D eigenvalue weighted by Gasteiger charge is 2.17. The van der Waals surface area contributed by atoms with E-state index >= 15 is 0 Å². The Bertz CT molecular complexity index is 194. The van der Waals surface area contributed by atoms with E-state index in [0.29, 0.717) is 5.71 Å². The van der Waals surface area contributed by atoms with E-state index in [0.717, 1.165) is 0 Å². The zero-order valence-corrected chi connectivity index (χ0v) is 8.52. The third kappa shape index (κ3) is 5.00. The molecule has 0 aromatic carbocycles. The molecular formula is C10H21N. The monoisotopic (exact) mass is 157 g/mol. The van der Waals surface area contributed by atoms with Crippen LogP contribution in [0.4, 0.5) is 0 Å². The van der Waals surface area contributed by atoms with E-state index in [9.17, 15) is 0 Å². The van der Waals surface area contributed by atoms with Crippen LogP contribution in [-0.4, -0.2) is 11.3 Å². The van der Waals surface area contributed by atoms with Gasteiger partial charge in [-0.15, -0.1) is 0 Å². The van der Waals surface area contributed by atoms with Crippen LogP contribution in [0.15, 0.2) is 4.99 Å². The molecule has 11 heavy (non-hydrogen) atoms. The van der Waals surface area contributed by atoms with Crippen molar-refractivity contribution < 1.29 is 2.74 Å².